The summed E-state index contributed by atoms with van der Waals surface area (Å²) in [5.41, 5.74) is 1.80. The molecule has 0 aromatic carbocycles. The minimum Gasteiger partial charge on any atom is -0.383 e. The van der Waals surface area contributed by atoms with Crippen molar-refractivity contribution in [3.63, 3.8) is 0 Å². The second-order valence-corrected chi connectivity index (χ2v) is 6.49. The molecule has 0 unspecified atom stereocenters. The van der Waals surface area contributed by atoms with E-state index >= 15 is 0 Å². The topological polar surface area (TPSA) is 60.2 Å². The summed E-state index contributed by atoms with van der Waals surface area (Å²) in [6.45, 7) is 4.57. The van der Waals surface area contributed by atoms with E-state index in [4.69, 9.17) is 9.72 Å². The first-order chi connectivity index (χ1) is 11.7. The fourth-order valence-electron chi connectivity index (χ4n) is 3.45. The number of fused-ring (bicyclic) bond motifs is 1. The summed E-state index contributed by atoms with van der Waals surface area (Å²) in [6.07, 6.45) is 6.27. The first-order valence-corrected chi connectivity index (χ1v) is 8.79. The number of likely N-dealkylation sites (tertiary alicyclic amines) is 1. The van der Waals surface area contributed by atoms with Crippen LogP contribution in [-0.4, -0.2) is 52.1 Å². The number of hydrogen-bond donors (Lipinski definition) is 0. The lowest BCUT2D eigenvalue weighted by Crippen LogP contribution is -2.27. The van der Waals surface area contributed by atoms with Gasteiger partial charge in [-0.2, -0.15) is 0 Å². The predicted octanol–water partition coefficient (Wildman–Crippen LogP) is 2.58. The first kappa shape index (κ1) is 16.9. The van der Waals surface area contributed by atoms with Crippen LogP contribution in [0.25, 0.3) is 11.2 Å². The van der Waals surface area contributed by atoms with E-state index in [1.54, 1.807) is 13.3 Å². The molecule has 0 N–H and O–H groups in total. The third-order valence-corrected chi connectivity index (χ3v) is 4.62. The lowest BCUT2D eigenvalue weighted by Gasteiger charge is -2.17. The second-order valence-electron chi connectivity index (χ2n) is 6.49. The van der Waals surface area contributed by atoms with Gasteiger partial charge < -0.3 is 14.2 Å². The van der Waals surface area contributed by atoms with Crippen LogP contribution in [0.4, 0.5) is 0 Å². The van der Waals surface area contributed by atoms with E-state index in [-0.39, 0.29) is 11.9 Å². The van der Waals surface area contributed by atoms with E-state index in [1.807, 2.05) is 17.0 Å². The maximum Gasteiger partial charge on any atom is 0.222 e. The highest BCUT2D eigenvalue weighted by Crippen LogP contribution is 2.21. The van der Waals surface area contributed by atoms with Gasteiger partial charge >= 0.3 is 0 Å². The predicted molar refractivity (Wildman–Crippen MR) is 92.9 cm³/mol. The number of rotatable bonds is 7. The number of imidazole rings is 1. The van der Waals surface area contributed by atoms with Gasteiger partial charge in [0, 0.05) is 39.2 Å². The van der Waals surface area contributed by atoms with Crippen molar-refractivity contribution in [1.82, 2.24) is 19.4 Å². The van der Waals surface area contributed by atoms with Crippen molar-refractivity contribution in [2.75, 3.05) is 26.8 Å². The summed E-state index contributed by atoms with van der Waals surface area (Å²) < 4.78 is 7.46. The fourth-order valence-corrected chi connectivity index (χ4v) is 3.45. The van der Waals surface area contributed by atoms with Gasteiger partial charge in [0.1, 0.15) is 11.3 Å². The van der Waals surface area contributed by atoms with Crippen LogP contribution in [0.2, 0.25) is 0 Å². The van der Waals surface area contributed by atoms with Crippen molar-refractivity contribution in [2.45, 2.75) is 45.1 Å². The number of carbonyl (C=O) groups excluding carboxylic acids is 1. The zero-order valence-electron chi connectivity index (χ0n) is 14.6. The Morgan fingerprint density at radius 3 is 2.92 bits per heavy atom. The number of carbonyl (C=O) groups is 1. The summed E-state index contributed by atoms with van der Waals surface area (Å²) in [7, 11) is 1.71. The molecule has 2 aromatic rings. The minimum atomic E-state index is 0.166. The molecule has 3 heterocycles. The van der Waals surface area contributed by atoms with Crippen molar-refractivity contribution < 1.29 is 9.53 Å². The highest BCUT2D eigenvalue weighted by Gasteiger charge is 2.19. The van der Waals surface area contributed by atoms with E-state index in [0.717, 1.165) is 55.8 Å². The molecule has 1 fully saturated rings. The second kappa shape index (κ2) is 7.75. The zero-order chi connectivity index (χ0) is 16.9. The monoisotopic (exact) mass is 330 g/mol. The Hall–Kier alpha value is -1.95. The van der Waals surface area contributed by atoms with Gasteiger partial charge in [0.05, 0.1) is 12.6 Å². The molecule has 3 rings (SSSR count). The van der Waals surface area contributed by atoms with Crippen LogP contribution in [0.15, 0.2) is 18.3 Å². The molecule has 0 radical (unpaired) electrons. The van der Waals surface area contributed by atoms with Gasteiger partial charge in [-0.05, 0) is 38.3 Å². The average Bonchev–Trinajstić information content (AvgIpc) is 3.22. The summed E-state index contributed by atoms with van der Waals surface area (Å²) in [6, 6.07) is 4.05. The molecule has 0 saturated carbocycles. The van der Waals surface area contributed by atoms with Crippen molar-refractivity contribution in [2.24, 2.45) is 0 Å². The van der Waals surface area contributed by atoms with Gasteiger partial charge in [-0.25, -0.2) is 9.97 Å². The smallest absolute Gasteiger partial charge is 0.222 e. The average molecular weight is 330 g/mol. The van der Waals surface area contributed by atoms with Gasteiger partial charge in [-0.1, -0.05) is 0 Å². The summed E-state index contributed by atoms with van der Waals surface area (Å²) >= 11 is 0. The molecule has 2 aromatic heterocycles. The third-order valence-electron chi connectivity index (χ3n) is 4.62. The number of pyridine rings is 1. The van der Waals surface area contributed by atoms with Crippen LogP contribution < -0.4 is 0 Å². The summed E-state index contributed by atoms with van der Waals surface area (Å²) in [5.74, 6) is 1.26. The van der Waals surface area contributed by atoms with Crippen LogP contribution >= 0.6 is 0 Å². The Bertz CT molecular complexity index is 691. The fraction of sp³-hybridized carbons (Fsp3) is 0.611. The van der Waals surface area contributed by atoms with Gasteiger partial charge in [0.2, 0.25) is 5.91 Å². The van der Waals surface area contributed by atoms with Crippen molar-refractivity contribution in [1.29, 1.82) is 0 Å². The van der Waals surface area contributed by atoms with Crippen molar-refractivity contribution in [3.8, 4) is 0 Å². The molecule has 0 bridgehead atoms. The van der Waals surface area contributed by atoms with Crippen LogP contribution in [0.5, 0.6) is 0 Å². The molecule has 1 aliphatic heterocycles. The zero-order valence-corrected chi connectivity index (χ0v) is 14.6. The van der Waals surface area contributed by atoms with Gasteiger partial charge in [-0.15, -0.1) is 0 Å². The Morgan fingerprint density at radius 1 is 1.38 bits per heavy atom. The molecule has 1 aliphatic rings. The molecule has 130 valence electrons. The summed E-state index contributed by atoms with van der Waals surface area (Å²) in [5, 5.41) is 0. The van der Waals surface area contributed by atoms with Crippen LogP contribution in [0.1, 0.15) is 44.5 Å². The molecule has 0 spiro atoms. The SMILES string of the molecule is COC[C@@H](C)n1c(CCCC(=O)N2CCCC2)nc2cccnc21. The number of aryl methyl sites for hydroxylation is 1. The number of ether oxygens (including phenoxy) is 1. The lowest BCUT2D eigenvalue weighted by molar-refractivity contribution is -0.130. The molecular weight excluding hydrogens is 304 g/mol. The molecule has 24 heavy (non-hydrogen) atoms. The molecule has 1 amide bonds. The number of aromatic nitrogens is 3. The molecule has 6 nitrogen and oxygen atoms in total. The van der Waals surface area contributed by atoms with Gasteiger partial charge in [0.15, 0.2) is 5.65 Å². The Kier molecular flexibility index (Phi) is 5.45. The maximum absolute atomic E-state index is 12.2. The molecule has 0 aliphatic carbocycles. The Labute approximate surface area is 142 Å². The summed E-state index contributed by atoms with van der Waals surface area (Å²) in [4.78, 5) is 23.4. The van der Waals surface area contributed by atoms with Crippen LogP contribution in [0.3, 0.4) is 0 Å². The van der Waals surface area contributed by atoms with Crippen molar-refractivity contribution in [3.05, 3.63) is 24.2 Å². The number of nitrogens with zero attached hydrogens (tertiary/aromatic N) is 4. The molecule has 6 heteroatoms. The lowest BCUT2D eigenvalue weighted by atomic mass is 10.2. The van der Waals surface area contributed by atoms with Crippen LogP contribution in [-0.2, 0) is 16.0 Å². The van der Waals surface area contributed by atoms with Gasteiger partial charge in [-0.3, -0.25) is 4.79 Å². The number of amides is 1. The number of hydrogen-bond acceptors (Lipinski definition) is 4. The normalized spacial score (nSPS) is 16.0. The highest BCUT2D eigenvalue weighted by atomic mass is 16.5. The van der Waals surface area contributed by atoms with Gasteiger partial charge in [0.25, 0.3) is 0 Å². The number of methoxy groups -OCH3 is 1. The van der Waals surface area contributed by atoms with Crippen molar-refractivity contribution >= 4 is 17.1 Å². The molecular formula is C18H26N4O2. The van der Waals surface area contributed by atoms with E-state index in [9.17, 15) is 4.79 Å². The minimum absolute atomic E-state index is 0.166. The molecule has 1 saturated heterocycles. The van der Waals surface area contributed by atoms with E-state index in [1.165, 1.54) is 0 Å². The van der Waals surface area contributed by atoms with E-state index in [0.29, 0.717) is 13.0 Å². The largest absolute Gasteiger partial charge is 0.383 e. The quantitative estimate of drug-likeness (QED) is 0.783. The maximum atomic E-state index is 12.2. The molecule has 1 atom stereocenters. The Morgan fingerprint density at radius 2 is 2.17 bits per heavy atom. The third kappa shape index (κ3) is 3.59. The standard InChI is InChI=1S/C18H26N4O2/c1-14(13-24-2)22-16(20-15-7-6-10-19-18(15)22)8-5-9-17(23)21-11-3-4-12-21/h6-7,10,14H,3-5,8-9,11-13H2,1-2H3/t14-/m1/s1. The first-order valence-electron chi connectivity index (χ1n) is 8.79. The Balaban J connectivity index is 1.71. The van der Waals surface area contributed by atoms with E-state index < -0.39 is 0 Å². The van der Waals surface area contributed by atoms with E-state index in [2.05, 4.69) is 16.5 Å². The highest BCUT2D eigenvalue weighted by molar-refractivity contribution is 5.76. The van der Waals surface area contributed by atoms with Crippen LogP contribution in [0, 0.1) is 0 Å².